The van der Waals surface area contributed by atoms with Crippen LogP contribution in [0.1, 0.15) is 40.8 Å². The van der Waals surface area contributed by atoms with E-state index in [1.807, 2.05) is 12.4 Å². The third kappa shape index (κ3) is 3.42. The van der Waals surface area contributed by atoms with E-state index in [2.05, 4.69) is 62.3 Å². The van der Waals surface area contributed by atoms with Crippen molar-refractivity contribution in [2.24, 2.45) is 0 Å². The van der Waals surface area contributed by atoms with E-state index in [-0.39, 0.29) is 0 Å². The van der Waals surface area contributed by atoms with Crippen LogP contribution in [0.3, 0.4) is 0 Å². The fourth-order valence-corrected chi connectivity index (χ4v) is 2.75. The lowest BCUT2D eigenvalue weighted by molar-refractivity contribution is 0.569. The molecule has 0 amide bonds. The average molecular weight is 254 g/mol. The van der Waals surface area contributed by atoms with E-state index in [1.165, 1.54) is 27.8 Å². The molecule has 2 heteroatoms. The maximum absolute atomic E-state index is 4.04. The molecule has 100 valence electrons. The number of pyridine rings is 1. The molecular weight excluding hydrogens is 232 g/mol. The van der Waals surface area contributed by atoms with E-state index in [9.17, 15) is 0 Å². The van der Waals surface area contributed by atoms with Gasteiger partial charge in [0.2, 0.25) is 0 Å². The Bertz CT molecular complexity index is 523. The highest BCUT2D eigenvalue weighted by Gasteiger charge is 2.11. The number of rotatable bonds is 4. The number of hydrogen-bond donors (Lipinski definition) is 1. The number of nitrogens with one attached hydrogen (secondary N) is 1. The number of aryl methyl sites for hydroxylation is 3. The van der Waals surface area contributed by atoms with E-state index >= 15 is 0 Å². The summed E-state index contributed by atoms with van der Waals surface area (Å²) in [5.41, 5.74) is 6.75. The summed E-state index contributed by atoms with van der Waals surface area (Å²) >= 11 is 0. The maximum atomic E-state index is 4.04. The van der Waals surface area contributed by atoms with Gasteiger partial charge in [0.05, 0.1) is 0 Å². The van der Waals surface area contributed by atoms with Gasteiger partial charge in [-0.3, -0.25) is 4.98 Å². The lowest BCUT2D eigenvalue weighted by Gasteiger charge is -2.20. The van der Waals surface area contributed by atoms with Crippen LogP contribution in [0, 0.1) is 20.8 Å². The van der Waals surface area contributed by atoms with E-state index in [1.54, 1.807) is 0 Å². The molecule has 0 aliphatic carbocycles. The first-order valence-electron chi connectivity index (χ1n) is 6.78. The minimum Gasteiger partial charge on any atom is -0.306 e. The molecule has 2 rings (SSSR count). The minimum atomic E-state index is 0.355. The van der Waals surface area contributed by atoms with Crippen molar-refractivity contribution in [3.05, 3.63) is 64.5 Å². The van der Waals surface area contributed by atoms with Gasteiger partial charge in [-0.15, -0.1) is 0 Å². The molecule has 0 saturated carbocycles. The lowest BCUT2D eigenvalue weighted by Crippen LogP contribution is -2.20. The topological polar surface area (TPSA) is 24.9 Å². The second kappa shape index (κ2) is 5.98. The highest BCUT2D eigenvalue weighted by atomic mass is 14.9. The van der Waals surface area contributed by atoms with E-state index < -0.39 is 0 Å². The van der Waals surface area contributed by atoms with Crippen LogP contribution in [-0.2, 0) is 6.54 Å². The molecule has 2 aromatic rings. The van der Waals surface area contributed by atoms with Gasteiger partial charge in [0.25, 0.3) is 0 Å². The van der Waals surface area contributed by atoms with Crippen molar-refractivity contribution in [3.63, 3.8) is 0 Å². The summed E-state index contributed by atoms with van der Waals surface area (Å²) in [5.74, 6) is 0. The summed E-state index contributed by atoms with van der Waals surface area (Å²) < 4.78 is 0. The van der Waals surface area contributed by atoms with Gasteiger partial charge >= 0.3 is 0 Å². The number of aromatic nitrogens is 1. The molecule has 0 bridgehead atoms. The van der Waals surface area contributed by atoms with Gasteiger partial charge in [-0.1, -0.05) is 17.7 Å². The van der Waals surface area contributed by atoms with Gasteiger partial charge in [0, 0.05) is 25.0 Å². The van der Waals surface area contributed by atoms with Gasteiger partial charge in [-0.05, 0) is 62.1 Å². The minimum absolute atomic E-state index is 0.355. The molecule has 0 saturated heterocycles. The highest BCUT2D eigenvalue weighted by molar-refractivity contribution is 5.39. The molecule has 0 radical (unpaired) electrons. The Labute approximate surface area is 115 Å². The molecule has 0 aliphatic heterocycles. The van der Waals surface area contributed by atoms with Gasteiger partial charge < -0.3 is 5.32 Å². The largest absolute Gasteiger partial charge is 0.306 e. The van der Waals surface area contributed by atoms with Crippen LogP contribution < -0.4 is 5.32 Å². The van der Waals surface area contributed by atoms with Crippen LogP contribution in [0.4, 0.5) is 0 Å². The first-order valence-corrected chi connectivity index (χ1v) is 6.78. The van der Waals surface area contributed by atoms with Crippen LogP contribution in [0.15, 0.2) is 36.7 Å². The lowest BCUT2D eigenvalue weighted by atomic mass is 9.95. The Balaban J connectivity index is 2.10. The Morgan fingerprint density at radius 3 is 2.21 bits per heavy atom. The molecule has 19 heavy (non-hydrogen) atoms. The van der Waals surface area contributed by atoms with E-state index in [0.717, 1.165) is 6.54 Å². The summed E-state index contributed by atoms with van der Waals surface area (Å²) in [5, 5.41) is 3.59. The summed E-state index contributed by atoms with van der Waals surface area (Å²) in [6.45, 7) is 9.64. The molecule has 0 spiro atoms. The zero-order valence-electron chi connectivity index (χ0n) is 12.2. The summed E-state index contributed by atoms with van der Waals surface area (Å²) in [4.78, 5) is 4.04. The molecule has 1 heterocycles. The Hall–Kier alpha value is -1.67. The highest BCUT2D eigenvalue weighted by Crippen LogP contribution is 2.23. The third-order valence-corrected chi connectivity index (χ3v) is 3.53. The van der Waals surface area contributed by atoms with Crippen LogP contribution in [0.5, 0.6) is 0 Å². The summed E-state index contributed by atoms with van der Waals surface area (Å²) in [7, 11) is 0. The van der Waals surface area contributed by atoms with Crippen molar-refractivity contribution in [1.82, 2.24) is 10.3 Å². The number of hydrogen-bond acceptors (Lipinski definition) is 2. The van der Waals surface area contributed by atoms with Crippen molar-refractivity contribution in [1.29, 1.82) is 0 Å². The molecule has 1 aromatic carbocycles. The Morgan fingerprint density at radius 2 is 1.63 bits per heavy atom. The predicted octanol–water partition coefficient (Wildman–Crippen LogP) is 3.86. The zero-order valence-corrected chi connectivity index (χ0v) is 12.2. The van der Waals surface area contributed by atoms with Gasteiger partial charge in [-0.2, -0.15) is 0 Å². The fourth-order valence-electron chi connectivity index (χ4n) is 2.75. The molecule has 1 N–H and O–H groups in total. The number of benzene rings is 1. The second-order valence-electron chi connectivity index (χ2n) is 5.27. The second-order valence-corrected chi connectivity index (χ2v) is 5.27. The van der Waals surface area contributed by atoms with Crippen LogP contribution in [0.2, 0.25) is 0 Å². The quantitative estimate of drug-likeness (QED) is 0.896. The van der Waals surface area contributed by atoms with Crippen molar-refractivity contribution in [2.75, 3.05) is 0 Å². The Morgan fingerprint density at radius 1 is 1.05 bits per heavy atom. The smallest absolute Gasteiger partial charge is 0.0300 e. The van der Waals surface area contributed by atoms with E-state index in [4.69, 9.17) is 0 Å². The van der Waals surface area contributed by atoms with Gasteiger partial charge in [0.15, 0.2) is 0 Å². The monoisotopic (exact) mass is 254 g/mol. The molecule has 1 unspecified atom stereocenters. The van der Waals surface area contributed by atoms with Crippen molar-refractivity contribution < 1.29 is 0 Å². The summed E-state index contributed by atoms with van der Waals surface area (Å²) in [6, 6.07) is 8.97. The molecule has 0 aliphatic rings. The standard InChI is InChI=1S/C17H22N2/c1-12-9-13(2)17(14(3)10-12)15(4)19-11-16-5-7-18-8-6-16/h5-10,15,19H,11H2,1-4H3. The molecule has 1 atom stereocenters. The van der Waals surface area contributed by atoms with Crippen LogP contribution >= 0.6 is 0 Å². The fraction of sp³-hybridized carbons (Fsp3) is 0.353. The molecular formula is C17H22N2. The normalized spacial score (nSPS) is 12.4. The molecule has 1 aromatic heterocycles. The first kappa shape index (κ1) is 13.8. The molecule has 2 nitrogen and oxygen atoms in total. The Kier molecular flexibility index (Phi) is 4.33. The average Bonchev–Trinajstić information content (AvgIpc) is 2.36. The summed E-state index contributed by atoms with van der Waals surface area (Å²) in [6.07, 6.45) is 3.67. The van der Waals surface area contributed by atoms with Crippen molar-refractivity contribution in [3.8, 4) is 0 Å². The molecule has 0 fully saturated rings. The maximum Gasteiger partial charge on any atom is 0.0300 e. The number of nitrogens with zero attached hydrogens (tertiary/aromatic N) is 1. The van der Waals surface area contributed by atoms with Crippen LogP contribution in [-0.4, -0.2) is 4.98 Å². The SMILES string of the molecule is Cc1cc(C)c(C(C)NCc2ccncc2)c(C)c1. The van der Waals surface area contributed by atoms with Crippen LogP contribution in [0.25, 0.3) is 0 Å². The first-order chi connectivity index (χ1) is 9.08. The van der Waals surface area contributed by atoms with Gasteiger partial charge in [-0.25, -0.2) is 0 Å². The third-order valence-electron chi connectivity index (χ3n) is 3.53. The zero-order chi connectivity index (χ0) is 13.8. The van der Waals surface area contributed by atoms with E-state index in [0.29, 0.717) is 6.04 Å². The predicted molar refractivity (Wildman–Crippen MR) is 80.1 cm³/mol. The van der Waals surface area contributed by atoms with Crippen molar-refractivity contribution in [2.45, 2.75) is 40.3 Å². The van der Waals surface area contributed by atoms with Crippen molar-refractivity contribution >= 4 is 0 Å². The van der Waals surface area contributed by atoms with Gasteiger partial charge in [0.1, 0.15) is 0 Å².